The average Bonchev–Trinajstić information content (AvgIpc) is 2.74. The molecule has 0 bridgehead atoms. The predicted octanol–water partition coefficient (Wildman–Crippen LogP) is 2.55. The lowest BCUT2D eigenvalue weighted by Crippen LogP contribution is -2.21. The molecule has 1 N–H and O–H groups in total. The molecule has 0 aliphatic heterocycles. The lowest BCUT2D eigenvalue weighted by molar-refractivity contribution is 0.509. The van der Waals surface area contributed by atoms with Gasteiger partial charge in [-0.2, -0.15) is 0 Å². The molecule has 0 saturated heterocycles. The molecular weight excluding hydrogens is 236 g/mol. The second-order valence-corrected chi connectivity index (χ2v) is 4.23. The van der Waals surface area contributed by atoms with Gasteiger partial charge in [-0.05, 0) is 13.0 Å². The maximum atomic E-state index is 13.4. The number of aryl methyl sites for hydroxylation is 1. The first-order valence-electron chi connectivity index (χ1n) is 5.72. The SMILES string of the molecule is CC(NCc1ccc(F)cc1F)c1nccn1C. The van der Waals surface area contributed by atoms with E-state index in [0.717, 1.165) is 11.9 Å². The van der Waals surface area contributed by atoms with Crippen molar-refractivity contribution in [2.75, 3.05) is 0 Å². The summed E-state index contributed by atoms with van der Waals surface area (Å²) < 4.78 is 28.1. The summed E-state index contributed by atoms with van der Waals surface area (Å²) >= 11 is 0. The van der Waals surface area contributed by atoms with Crippen molar-refractivity contribution in [1.29, 1.82) is 0 Å². The molecule has 1 heterocycles. The third-order valence-electron chi connectivity index (χ3n) is 2.86. The molecule has 1 aromatic carbocycles. The molecule has 1 atom stereocenters. The largest absolute Gasteiger partial charge is 0.337 e. The molecule has 2 rings (SSSR count). The van der Waals surface area contributed by atoms with Crippen molar-refractivity contribution in [3.05, 3.63) is 53.6 Å². The molecule has 18 heavy (non-hydrogen) atoms. The Kier molecular flexibility index (Phi) is 3.72. The van der Waals surface area contributed by atoms with Gasteiger partial charge in [0.25, 0.3) is 0 Å². The molecule has 0 aliphatic rings. The first-order chi connectivity index (χ1) is 8.58. The van der Waals surface area contributed by atoms with Gasteiger partial charge >= 0.3 is 0 Å². The van der Waals surface area contributed by atoms with Gasteiger partial charge in [-0.15, -0.1) is 0 Å². The lowest BCUT2D eigenvalue weighted by atomic mass is 10.2. The lowest BCUT2D eigenvalue weighted by Gasteiger charge is -2.14. The van der Waals surface area contributed by atoms with Crippen LogP contribution in [0.4, 0.5) is 8.78 Å². The van der Waals surface area contributed by atoms with E-state index < -0.39 is 11.6 Å². The molecule has 96 valence electrons. The average molecular weight is 251 g/mol. The van der Waals surface area contributed by atoms with Gasteiger partial charge in [-0.25, -0.2) is 13.8 Å². The summed E-state index contributed by atoms with van der Waals surface area (Å²) in [4.78, 5) is 4.21. The minimum atomic E-state index is -0.562. The topological polar surface area (TPSA) is 29.9 Å². The van der Waals surface area contributed by atoms with Crippen molar-refractivity contribution in [2.24, 2.45) is 7.05 Å². The van der Waals surface area contributed by atoms with Crippen LogP contribution in [0, 0.1) is 11.6 Å². The molecule has 0 fully saturated rings. The summed E-state index contributed by atoms with van der Waals surface area (Å²) in [5.74, 6) is -0.222. The van der Waals surface area contributed by atoms with E-state index in [9.17, 15) is 8.78 Å². The van der Waals surface area contributed by atoms with Crippen molar-refractivity contribution >= 4 is 0 Å². The number of imidazole rings is 1. The Bertz CT molecular complexity index is 537. The zero-order valence-electron chi connectivity index (χ0n) is 10.3. The highest BCUT2D eigenvalue weighted by Crippen LogP contribution is 2.13. The van der Waals surface area contributed by atoms with Gasteiger partial charge < -0.3 is 9.88 Å². The monoisotopic (exact) mass is 251 g/mol. The van der Waals surface area contributed by atoms with Crippen molar-refractivity contribution in [2.45, 2.75) is 19.5 Å². The molecule has 0 radical (unpaired) electrons. The first-order valence-corrected chi connectivity index (χ1v) is 5.72. The van der Waals surface area contributed by atoms with E-state index in [2.05, 4.69) is 10.3 Å². The van der Waals surface area contributed by atoms with Gasteiger partial charge in [0.2, 0.25) is 0 Å². The Hall–Kier alpha value is -1.75. The Morgan fingerprint density at radius 3 is 2.78 bits per heavy atom. The van der Waals surface area contributed by atoms with Crippen LogP contribution in [0.1, 0.15) is 24.4 Å². The number of benzene rings is 1. The highest BCUT2D eigenvalue weighted by Gasteiger charge is 2.11. The van der Waals surface area contributed by atoms with Crippen LogP contribution in [-0.2, 0) is 13.6 Å². The smallest absolute Gasteiger partial charge is 0.130 e. The van der Waals surface area contributed by atoms with Gasteiger partial charge in [0.05, 0.1) is 6.04 Å². The Balaban J connectivity index is 2.01. The van der Waals surface area contributed by atoms with Crippen LogP contribution < -0.4 is 5.32 Å². The number of nitrogens with one attached hydrogen (secondary N) is 1. The van der Waals surface area contributed by atoms with Crippen LogP contribution in [0.15, 0.2) is 30.6 Å². The molecule has 2 aromatic rings. The molecule has 5 heteroatoms. The fourth-order valence-corrected chi connectivity index (χ4v) is 1.81. The van der Waals surface area contributed by atoms with E-state index in [0.29, 0.717) is 12.1 Å². The van der Waals surface area contributed by atoms with E-state index >= 15 is 0 Å². The molecule has 3 nitrogen and oxygen atoms in total. The van der Waals surface area contributed by atoms with Crippen LogP contribution in [0.2, 0.25) is 0 Å². The quantitative estimate of drug-likeness (QED) is 0.905. The highest BCUT2D eigenvalue weighted by atomic mass is 19.1. The number of rotatable bonds is 4. The number of hydrogen-bond acceptors (Lipinski definition) is 2. The van der Waals surface area contributed by atoms with Crippen molar-refractivity contribution < 1.29 is 8.78 Å². The van der Waals surface area contributed by atoms with E-state index in [1.807, 2.05) is 24.7 Å². The van der Waals surface area contributed by atoms with Crippen molar-refractivity contribution in [1.82, 2.24) is 14.9 Å². The van der Waals surface area contributed by atoms with Crippen LogP contribution in [0.25, 0.3) is 0 Å². The van der Waals surface area contributed by atoms with E-state index in [1.165, 1.54) is 12.1 Å². The maximum Gasteiger partial charge on any atom is 0.130 e. The summed E-state index contributed by atoms with van der Waals surface area (Å²) in [6.45, 7) is 2.28. The Morgan fingerprint density at radius 1 is 1.39 bits per heavy atom. The van der Waals surface area contributed by atoms with Crippen molar-refractivity contribution in [3.63, 3.8) is 0 Å². The Labute approximate surface area is 104 Å². The zero-order chi connectivity index (χ0) is 13.1. The standard InChI is InChI=1S/C13H15F2N3/c1-9(13-16-5-6-18(13)2)17-8-10-3-4-11(14)7-12(10)15/h3-7,9,17H,8H2,1-2H3. The minimum Gasteiger partial charge on any atom is -0.337 e. The maximum absolute atomic E-state index is 13.4. The molecule has 1 aromatic heterocycles. The number of aromatic nitrogens is 2. The number of nitrogens with zero attached hydrogens (tertiary/aromatic N) is 2. The van der Waals surface area contributed by atoms with Crippen molar-refractivity contribution in [3.8, 4) is 0 Å². The summed E-state index contributed by atoms with van der Waals surface area (Å²) in [6, 6.07) is 3.59. The summed E-state index contributed by atoms with van der Waals surface area (Å²) in [6.07, 6.45) is 3.57. The van der Waals surface area contributed by atoms with Crippen LogP contribution in [-0.4, -0.2) is 9.55 Å². The van der Waals surface area contributed by atoms with E-state index in [1.54, 1.807) is 6.20 Å². The fourth-order valence-electron chi connectivity index (χ4n) is 1.81. The normalized spacial score (nSPS) is 12.7. The summed E-state index contributed by atoms with van der Waals surface area (Å²) in [7, 11) is 1.90. The first kappa shape index (κ1) is 12.7. The molecular formula is C13H15F2N3. The molecule has 0 amide bonds. The molecule has 0 aliphatic carbocycles. The zero-order valence-corrected chi connectivity index (χ0v) is 10.3. The number of hydrogen-bond donors (Lipinski definition) is 1. The van der Waals surface area contributed by atoms with Gasteiger partial charge in [-0.3, -0.25) is 0 Å². The Morgan fingerprint density at radius 2 is 2.17 bits per heavy atom. The van der Waals surface area contributed by atoms with E-state index in [4.69, 9.17) is 0 Å². The number of halogens is 2. The van der Waals surface area contributed by atoms with Crippen LogP contribution in [0.5, 0.6) is 0 Å². The van der Waals surface area contributed by atoms with Gasteiger partial charge in [0.1, 0.15) is 17.5 Å². The van der Waals surface area contributed by atoms with Gasteiger partial charge in [-0.1, -0.05) is 6.07 Å². The predicted molar refractivity (Wildman–Crippen MR) is 64.8 cm³/mol. The second-order valence-electron chi connectivity index (χ2n) is 4.23. The van der Waals surface area contributed by atoms with Crippen LogP contribution >= 0.6 is 0 Å². The summed E-state index contributed by atoms with van der Waals surface area (Å²) in [5, 5.41) is 3.16. The van der Waals surface area contributed by atoms with Crippen LogP contribution in [0.3, 0.4) is 0 Å². The van der Waals surface area contributed by atoms with Gasteiger partial charge in [0, 0.05) is 37.6 Å². The molecule has 0 spiro atoms. The molecule has 0 saturated carbocycles. The third-order valence-corrected chi connectivity index (χ3v) is 2.86. The minimum absolute atomic E-state index is 0.00514. The second kappa shape index (κ2) is 5.27. The fraction of sp³-hybridized carbons (Fsp3) is 0.308. The summed E-state index contributed by atoms with van der Waals surface area (Å²) in [5.41, 5.74) is 0.442. The third kappa shape index (κ3) is 2.73. The molecule has 1 unspecified atom stereocenters. The van der Waals surface area contributed by atoms with Gasteiger partial charge in [0.15, 0.2) is 0 Å². The van der Waals surface area contributed by atoms with E-state index in [-0.39, 0.29) is 6.04 Å². The highest BCUT2D eigenvalue weighted by molar-refractivity contribution is 5.18.